The lowest BCUT2D eigenvalue weighted by Gasteiger charge is -2.42. The van der Waals surface area contributed by atoms with Crippen LogP contribution in [0.15, 0.2) is 88.8 Å². The van der Waals surface area contributed by atoms with Crippen LogP contribution in [0.25, 0.3) is 11.3 Å². The molecule has 6 rings (SSSR count). The van der Waals surface area contributed by atoms with Crippen LogP contribution in [0.4, 0.5) is 0 Å². The maximum absolute atomic E-state index is 14.5. The van der Waals surface area contributed by atoms with Gasteiger partial charge in [0.25, 0.3) is 5.56 Å². The predicted molar refractivity (Wildman–Crippen MR) is 154 cm³/mol. The summed E-state index contributed by atoms with van der Waals surface area (Å²) in [5.74, 6) is 0.670. The monoisotopic (exact) mass is 526 g/mol. The molecular formula is C32H31ClN2OS. The summed E-state index contributed by atoms with van der Waals surface area (Å²) in [4.78, 5) is 19.8. The molecule has 3 nitrogen and oxygen atoms in total. The third-order valence-corrected chi connectivity index (χ3v) is 9.45. The van der Waals surface area contributed by atoms with Crippen LogP contribution in [0.2, 0.25) is 5.02 Å². The summed E-state index contributed by atoms with van der Waals surface area (Å²) in [6.07, 6.45) is 7.47. The molecule has 0 bridgehead atoms. The fourth-order valence-corrected chi connectivity index (χ4v) is 7.48. The van der Waals surface area contributed by atoms with Crippen molar-refractivity contribution >= 4 is 23.4 Å². The summed E-state index contributed by atoms with van der Waals surface area (Å²) in [7, 11) is 0. The van der Waals surface area contributed by atoms with Gasteiger partial charge >= 0.3 is 0 Å². The Morgan fingerprint density at radius 1 is 0.892 bits per heavy atom. The standard InChI is InChI=1S/C32H31ClN2OS/c33-27-16-8-6-14-25(27)22-37-31-34-29-26-15-7-5-13-24(26)21-32(18-9-2-10-19-32)28(29)30(36)35(31)20-17-23-11-3-1-4-12-23/h1,3-8,11-16H,2,9-10,17-22H2. The molecule has 0 unspecified atom stereocenters. The third-order valence-electron chi connectivity index (χ3n) is 8.06. The average molecular weight is 527 g/mol. The molecule has 0 N–H and O–H groups in total. The van der Waals surface area contributed by atoms with E-state index in [9.17, 15) is 4.79 Å². The van der Waals surface area contributed by atoms with E-state index in [1.54, 1.807) is 11.8 Å². The Morgan fingerprint density at radius 2 is 1.62 bits per heavy atom. The Balaban J connectivity index is 1.48. The van der Waals surface area contributed by atoms with E-state index in [1.165, 1.54) is 30.4 Å². The van der Waals surface area contributed by atoms with Gasteiger partial charge in [-0.15, -0.1) is 0 Å². The molecule has 2 aliphatic rings. The normalized spacial score (nSPS) is 15.8. The fourth-order valence-electron chi connectivity index (χ4n) is 6.17. The summed E-state index contributed by atoms with van der Waals surface area (Å²) < 4.78 is 1.96. The Morgan fingerprint density at radius 3 is 2.43 bits per heavy atom. The van der Waals surface area contributed by atoms with Gasteiger partial charge in [-0.1, -0.05) is 115 Å². The first kappa shape index (κ1) is 24.5. The van der Waals surface area contributed by atoms with Crippen molar-refractivity contribution in [1.29, 1.82) is 0 Å². The average Bonchev–Trinajstić information content (AvgIpc) is 2.93. The second-order valence-corrected chi connectivity index (χ2v) is 11.7. The number of hydrogen-bond donors (Lipinski definition) is 0. The summed E-state index contributed by atoms with van der Waals surface area (Å²) >= 11 is 8.09. The van der Waals surface area contributed by atoms with Gasteiger partial charge in [0.05, 0.1) is 11.3 Å². The number of aromatic nitrogens is 2. The van der Waals surface area contributed by atoms with Gasteiger partial charge in [0.2, 0.25) is 0 Å². The number of fused-ring (bicyclic) bond motifs is 4. The number of halogens is 1. The molecule has 0 aliphatic heterocycles. The number of aryl methyl sites for hydroxylation is 1. The van der Waals surface area contributed by atoms with Crippen molar-refractivity contribution in [1.82, 2.24) is 9.55 Å². The van der Waals surface area contributed by atoms with Crippen LogP contribution in [0.3, 0.4) is 0 Å². The molecule has 0 amide bonds. The van der Waals surface area contributed by atoms with Crippen molar-refractivity contribution in [2.45, 2.75) is 67.8 Å². The molecule has 0 saturated heterocycles. The van der Waals surface area contributed by atoms with Crippen LogP contribution in [0.1, 0.15) is 54.4 Å². The van der Waals surface area contributed by atoms with Gasteiger partial charge < -0.3 is 0 Å². The summed E-state index contributed by atoms with van der Waals surface area (Å²) in [5.41, 5.74) is 6.65. The van der Waals surface area contributed by atoms with Crippen molar-refractivity contribution in [2.24, 2.45) is 0 Å². The Hall–Kier alpha value is -2.82. The van der Waals surface area contributed by atoms with Gasteiger partial charge in [0.15, 0.2) is 5.16 Å². The Labute approximate surface area is 227 Å². The van der Waals surface area contributed by atoms with Gasteiger partial charge in [-0.05, 0) is 48.4 Å². The van der Waals surface area contributed by atoms with Crippen LogP contribution in [0, 0.1) is 0 Å². The van der Waals surface area contributed by atoms with Crippen molar-refractivity contribution in [3.05, 3.63) is 116 Å². The van der Waals surface area contributed by atoms with Crippen LogP contribution >= 0.6 is 23.4 Å². The quantitative estimate of drug-likeness (QED) is 0.189. The van der Waals surface area contributed by atoms with Crippen LogP contribution in [-0.4, -0.2) is 9.55 Å². The molecule has 37 heavy (non-hydrogen) atoms. The van der Waals surface area contributed by atoms with Crippen molar-refractivity contribution < 1.29 is 0 Å². The van der Waals surface area contributed by atoms with Crippen LogP contribution in [-0.2, 0) is 30.6 Å². The van der Waals surface area contributed by atoms with E-state index in [0.29, 0.717) is 12.3 Å². The van der Waals surface area contributed by atoms with Crippen molar-refractivity contribution in [3.8, 4) is 11.3 Å². The van der Waals surface area contributed by atoms with E-state index in [2.05, 4.69) is 48.5 Å². The molecule has 1 saturated carbocycles. The maximum atomic E-state index is 14.5. The van der Waals surface area contributed by atoms with Gasteiger partial charge in [0, 0.05) is 28.3 Å². The highest BCUT2D eigenvalue weighted by Gasteiger charge is 2.43. The Kier molecular flexibility index (Phi) is 6.96. The molecular weight excluding hydrogens is 496 g/mol. The zero-order valence-electron chi connectivity index (χ0n) is 21.0. The maximum Gasteiger partial charge on any atom is 0.258 e. The predicted octanol–water partition coefficient (Wildman–Crippen LogP) is 7.86. The minimum Gasteiger partial charge on any atom is -0.287 e. The van der Waals surface area contributed by atoms with Crippen LogP contribution < -0.4 is 5.56 Å². The highest BCUT2D eigenvalue weighted by atomic mass is 35.5. The summed E-state index contributed by atoms with van der Waals surface area (Å²) in [6.45, 7) is 0.617. The lowest BCUT2D eigenvalue weighted by atomic mass is 9.62. The molecule has 1 spiro atoms. The van der Waals surface area contributed by atoms with Gasteiger partial charge in [-0.25, -0.2) is 4.98 Å². The smallest absolute Gasteiger partial charge is 0.258 e. The molecule has 1 fully saturated rings. The fraction of sp³-hybridized carbons (Fsp3) is 0.312. The van der Waals surface area contributed by atoms with Gasteiger partial charge in [-0.2, -0.15) is 0 Å². The first-order valence-electron chi connectivity index (χ1n) is 13.3. The van der Waals surface area contributed by atoms with Crippen LogP contribution in [0.5, 0.6) is 0 Å². The zero-order chi connectivity index (χ0) is 25.2. The van der Waals surface area contributed by atoms with Gasteiger partial charge in [-0.3, -0.25) is 9.36 Å². The molecule has 1 heterocycles. The first-order valence-corrected chi connectivity index (χ1v) is 14.6. The number of benzene rings is 3. The molecule has 0 atom stereocenters. The molecule has 4 aromatic rings. The minimum atomic E-state index is -0.105. The van der Waals surface area contributed by atoms with E-state index in [0.717, 1.165) is 58.2 Å². The molecule has 3 aromatic carbocycles. The molecule has 188 valence electrons. The number of hydrogen-bond acceptors (Lipinski definition) is 3. The largest absolute Gasteiger partial charge is 0.287 e. The second kappa shape index (κ2) is 10.5. The SMILES string of the molecule is O=c1c2c(nc(SCc3ccccc3Cl)n1CCc1ccccc1)-c1ccccc1CC21CCCCC1. The summed E-state index contributed by atoms with van der Waals surface area (Å²) in [5, 5.41) is 1.53. The zero-order valence-corrected chi connectivity index (χ0v) is 22.5. The topological polar surface area (TPSA) is 34.9 Å². The van der Waals surface area contributed by atoms with E-state index in [4.69, 9.17) is 16.6 Å². The van der Waals surface area contributed by atoms with E-state index in [-0.39, 0.29) is 11.0 Å². The highest BCUT2D eigenvalue weighted by Crippen LogP contribution is 2.49. The van der Waals surface area contributed by atoms with E-state index >= 15 is 0 Å². The number of nitrogens with zero attached hydrogens (tertiary/aromatic N) is 2. The second-order valence-electron chi connectivity index (χ2n) is 10.4. The minimum absolute atomic E-state index is 0.105. The lowest BCUT2D eigenvalue weighted by molar-refractivity contribution is 0.282. The highest BCUT2D eigenvalue weighted by molar-refractivity contribution is 7.98. The molecule has 5 heteroatoms. The third kappa shape index (κ3) is 4.78. The van der Waals surface area contributed by atoms with Gasteiger partial charge in [0.1, 0.15) is 0 Å². The number of rotatable bonds is 6. The first-order chi connectivity index (χ1) is 18.1. The van der Waals surface area contributed by atoms with E-state index in [1.807, 2.05) is 34.9 Å². The van der Waals surface area contributed by atoms with Crippen molar-refractivity contribution in [2.75, 3.05) is 0 Å². The van der Waals surface area contributed by atoms with E-state index < -0.39 is 0 Å². The van der Waals surface area contributed by atoms with Crippen molar-refractivity contribution in [3.63, 3.8) is 0 Å². The lowest BCUT2D eigenvalue weighted by Crippen LogP contribution is -2.43. The molecule has 0 radical (unpaired) electrons. The molecule has 2 aliphatic carbocycles. The summed E-state index contributed by atoms with van der Waals surface area (Å²) in [6, 6.07) is 26.9. The Bertz CT molecular complexity index is 1470. The molecule has 1 aromatic heterocycles. The number of thioether (sulfide) groups is 1.